The van der Waals surface area contributed by atoms with Crippen molar-refractivity contribution in [3.8, 4) is 11.5 Å². The van der Waals surface area contributed by atoms with Crippen molar-refractivity contribution in [2.24, 2.45) is 5.92 Å². The Bertz CT molecular complexity index is 905. The summed E-state index contributed by atoms with van der Waals surface area (Å²) in [5, 5.41) is 4.24. The van der Waals surface area contributed by atoms with Gasteiger partial charge in [-0.2, -0.15) is 0 Å². The molecule has 1 N–H and O–H groups in total. The first-order valence-corrected chi connectivity index (χ1v) is 10.7. The first-order chi connectivity index (χ1) is 14.1. The minimum Gasteiger partial charge on any atom is -0.454 e. The molecule has 5 heteroatoms. The molecule has 29 heavy (non-hydrogen) atoms. The highest BCUT2D eigenvalue weighted by molar-refractivity contribution is 7.80. The fourth-order valence-electron chi connectivity index (χ4n) is 4.06. The molecule has 1 heterocycles. The number of hydrogen-bond donors (Lipinski definition) is 1. The minimum atomic E-state index is 0.295. The van der Waals surface area contributed by atoms with E-state index in [4.69, 9.17) is 21.7 Å². The van der Waals surface area contributed by atoms with E-state index in [0.29, 0.717) is 12.7 Å². The molecular formula is C24H28N2O2S. The predicted octanol–water partition coefficient (Wildman–Crippen LogP) is 5.59. The third-order valence-corrected chi connectivity index (χ3v) is 5.79. The van der Waals surface area contributed by atoms with Gasteiger partial charge in [0, 0.05) is 18.8 Å². The van der Waals surface area contributed by atoms with Gasteiger partial charge in [-0.3, -0.25) is 0 Å². The molecule has 152 valence electrons. The van der Waals surface area contributed by atoms with E-state index in [1.165, 1.54) is 23.1 Å². The maximum atomic E-state index is 5.85. The molecule has 0 aromatic heterocycles. The van der Waals surface area contributed by atoms with Gasteiger partial charge in [-0.15, -0.1) is 0 Å². The Morgan fingerprint density at radius 1 is 1.07 bits per heavy atom. The van der Waals surface area contributed by atoms with Crippen LogP contribution in [0.25, 0.3) is 0 Å². The molecular weight excluding hydrogens is 380 g/mol. The smallest absolute Gasteiger partial charge is 0.231 e. The summed E-state index contributed by atoms with van der Waals surface area (Å²) in [5.41, 5.74) is 4.68. The van der Waals surface area contributed by atoms with Crippen LogP contribution >= 0.6 is 12.2 Å². The van der Waals surface area contributed by atoms with Crippen molar-refractivity contribution in [3.05, 3.63) is 65.2 Å². The molecule has 1 unspecified atom stereocenters. The van der Waals surface area contributed by atoms with Gasteiger partial charge in [-0.25, -0.2) is 0 Å². The summed E-state index contributed by atoms with van der Waals surface area (Å²) in [6.07, 6.45) is 8.06. The van der Waals surface area contributed by atoms with Gasteiger partial charge in [-0.1, -0.05) is 24.3 Å². The standard InChI is InChI=1S/C24H28N2O2S/c1-17-10-18(2)12-21(11-17)25-24(29)26(14-19-6-4-3-5-7-19)15-20-8-9-22-23(13-20)28-16-27-22/h3-4,8-13,19H,5-7,14-16H2,1-2H3,(H,25,29). The molecule has 0 saturated heterocycles. The number of anilines is 1. The van der Waals surface area contributed by atoms with Crippen LogP contribution in [0.3, 0.4) is 0 Å². The predicted molar refractivity (Wildman–Crippen MR) is 122 cm³/mol. The van der Waals surface area contributed by atoms with Gasteiger partial charge in [-0.05, 0) is 92.2 Å². The molecule has 1 aliphatic carbocycles. The Kier molecular flexibility index (Phi) is 6.05. The molecule has 0 fully saturated rings. The summed E-state index contributed by atoms with van der Waals surface area (Å²) < 4.78 is 11.0. The van der Waals surface area contributed by atoms with Gasteiger partial charge in [0.1, 0.15) is 0 Å². The number of allylic oxidation sites excluding steroid dienone is 2. The number of aryl methyl sites for hydroxylation is 2. The Morgan fingerprint density at radius 2 is 1.86 bits per heavy atom. The first-order valence-electron chi connectivity index (χ1n) is 10.2. The van der Waals surface area contributed by atoms with Crippen LogP contribution in [0.2, 0.25) is 0 Å². The first kappa shape index (κ1) is 19.8. The number of fused-ring (bicyclic) bond motifs is 1. The number of rotatable bonds is 5. The topological polar surface area (TPSA) is 33.7 Å². The van der Waals surface area contributed by atoms with Gasteiger partial charge in [0.05, 0.1) is 0 Å². The Hall–Kier alpha value is -2.53. The molecule has 0 bridgehead atoms. The monoisotopic (exact) mass is 408 g/mol. The van der Waals surface area contributed by atoms with Crippen molar-refractivity contribution in [1.82, 2.24) is 4.90 Å². The van der Waals surface area contributed by atoms with Crippen molar-refractivity contribution >= 4 is 23.0 Å². The van der Waals surface area contributed by atoms with E-state index in [1.807, 2.05) is 6.07 Å². The minimum absolute atomic E-state index is 0.295. The van der Waals surface area contributed by atoms with Crippen LogP contribution in [0.5, 0.6) is 11.5 Å². The molecule has 4 rings (SSSR count). The molecule has 0 amide bonds. The zero-order valence-electron chi connectivity index (χ0n) is 17.1. The highest BCUT2D eigenvalue weighted by Crippen LogP contribution is 2.33. The van der Waals surface area contributed by atoms with Gasteiger partial charge < -0.3 is 19.7 Å². The zero-order valence-corrected chi connectivity index (χ0v) is 17.9. The SMILES string of the molecule is Cc1cc(C)cc(NC(=S)N(Cc2ccc3c(c2)OCO3)CC2CC=CCC2)c1. The molecule has 0 spiro atoms. The van der Waals surface area contributed by atoms with E-state index < -0.39 is 0 Å². The van der Waals surface area contributed by atoms with Gasteiger partial charge >= 0.3 is 0 Å². The van der Waals surface area contributed by atoms with Crippen LogP contribution in [-0.4, -0.2) is 23.4 Å². The largest absolute Gasteiger partial charge is 0.454 e. The highest BCUT2D eigenvalue weighted by atomic mass is 32.1. The second-order valence-corrected chi connectivity index (χ2v) is 8.41. The van der Waals surface area contributed by atoms with Crippen LogP contribution in [0.1, 0.15) is 36.0 Å². The summed E-state index contributed by atoms with van der Waals surface area (Å²) in [4.78, 5) is 2.29. The molecule has 1 aliphatic heterocycles. The van der Waals surface area contributed by atoms with Gasteiger partial charge in [0.25, 0.3) is 0 Å². The lowest BCUT2D eigenvalue weighted by Crippen LogP contribution is -2.38. The van der Waals surface area contributed by atoms with E-state index in [-0.39, 0.29) is 0 Å². The van der Waals surface area contributed by atoms with Gasteiger partial charge in [0.2, 0.25) is 6.79 Å². The lowest BCUT2D eigenvalue weighted by atomic mass is 9.94. The lowest BCUT2D eigenvalue weighted by molar-refractivity contribution is 0.174. The molecule has 0 radical (unpaired) electrons. The second-order valence-electron chi connectivity index (χ2n) is 8.03. The lowest BCUT2D eigenvalue weighted by Gasteiger charge is -2.31. The Labute approximate surface area is 178 Å². The summed E-state index contributed by atoms with van der Waals surface area (Å²) in [7, 11) is 0. The van der Waals surface area contributed by atoms with Crippen molar-refractivity contribution in [3.63, 3.8) is 0 Å². The molecule has 1 atom stereocenters. The van der Waals surface area contributed by atoms with Crippen molar-refractivity contribution in [1.29, 1.82) is 0 Å². The number of nitrogens with zero attached hydrogens (tertiary/aromatic N) is 1. The average Bonchev–Trinajstić information content (AvgIpc) is 3.15. The Balaban J connectivity index is 1.52. The van der Waals surface area contributed by atoms with E-state index in [0.717, 1.165) is 48.2 Å². The van der Waals surface area contributed by atoms with Crippen LogP contribution < -0.4 is 14.8 Å². The number of thiocarbonyl (C=S) groups is 1. The van der Waals surface area contributed by atoms with E-state index in [2.05, 4.69) is 66.5 Å². The fraction of sp³-hybridized carbons (Fsp3) is 0.375. The third-order valence-electron chi connectivity index (χ3n) is 5.43. The quantitative estimate of drug-likeness (QED) is 0.515. The number of hydrogen-bond acceptors (Lipinski definition) is 3. The maximum Gasteiger partial charge on any atom is 0.231 e. The molecule has 4 nitrogen and oxygen atoms in total. The van der Waals surface area contributed by atoms with Crippen molar-refractivity contribution in [2.75, 3.05) is 18.7 Å². The Morgan fingerprint density at radius 3 is 2.62 bits per heavy atom. The number of ether oxygens (including phenoxy) is 2. The van der Waals surface area contributed by atoms with Crippen molar-refractivity contribution in [2.45, 2.75) is 39.7 Å². The summed E-state index contributed by atoms with van der Waals surface area (Å²) in [6, 6.07) is 12.6. The van der Waals surface area contributed by atoms with E-state index >= 15 is 0 Å². The summed E-state index contributed by atoms with van der Waals surface area (Å²) in [6.45, 7) is 6.20. The second kappa shape index (κ2) is 8.87. The molecule has 0 saturated carbocycles. The summed E-state index contributed by atoms with van der Waals surface area (Å²) in [5.74, 6) is 2.25. The van der Waals surface area contributed by atoms with E-state index in [1.54, 1.807) is 0 Å². The molecule has 2 aromatic carbocycles. The molecule has 2 aromatic rings. The number of benzene rings is 2. The number of nitrogens with one attached hydrogen (secondary N) is 1. The third kappa shape index (κ3) is 5.10. The zero-order chi connectivity index (χ0) is 20.2. The average molecular weight is 409 g/mol. The summed E-state index contributed by atoms with van der Waals surface area (Å²) >= 11 is 5.85. The van der Waals surface area contributed by atoms with Crippen LogP contribution in [0.15, 0.2) is 48.6 Å². The van der Waals surface area contributed by atoms with Crippen LogP contribution in [0.4, 0.5) is 5.69 Å². The highest BCUT2D eigenvalue weighted by Gasteiger charge is 2.20. The fourth-order valence-corrected chi connectivity index (χ4v) is 4.32. The van der Waals surface area contributed by atoms with Crippen molar-refractivity contribution < 1.29 is 9.47 Å². The van der Waals surface area contributed by atoms with Crippen LogP contribution in [0, 0.1) is 19.8 Å². The molecule has 2 aliphatic rings. The van der Waals surface area contributed by atoms with Gasteiger partial charge in [0.15, 0.2) is 16.6 Å². The maximum absolute atomic E-state index is 5.85. The van der Waals surface area contributed by atoms with E-state index in [9.17, 15) is 0 Å². The van der Waals surface area contributed by atoms with Crippen LogP contribution in [-0.2, 0) is 6.54 Å². The normalized spacial score (nSPS) is 17.2.